The van der Waals surface area contributed by atoms with E-state index in [1.54, 1.807) is 24.5 Å². The van der Waals surface area contributed by atoms with Gasteiger partial charge in [-0.25, -0.2) is 0 Å². The highest BCUT2D eigenvalue weighted by Gasteiger charge is 2.23. The second-order valence-electron chi connectivity index (χ2n) is 8.31. The third-order valence-corrected chi connectivity index (χ3v) is 6.22. The summed E-state index contributed by atoms with van der Waals surface area (Å²) in [6.07, 6.45) is 9.81. The molecule has 164 valence electrons. The average Bonchev–Trinajstić information content (AvgIpc) is 2.82. The maximum Gasteiger partial charge on any atom is 0.255 e. The molecule has 0 unspecified atom stereocenters. The summed E-state index contributed by atoms with van der Waals surface area (Å²) in [7, 11) is 0. The summed E-state index contributed by atoms with van der Waals surface area (Å²) in [6.45, 7) is 5.13. The first-order valence-corrected chi connectivity index (χ1v) is 11.4. The molecule has 1 saturated heterocycles. The van der Waals surface area contributed by atoms with E-state index in [1.165, 1.54) is 16.7 Å². The van der Waals surface area contributed by atoms with E-state index in [0.29, 0.717) is 11.5 Å². The summed E-state index contributed by atoms with van der Waals surface area (Å²) >= 11 is 5.95. The van der Waals surface area contributed by atoms with Crippen molar-refractivity contribution < 1.29 is 4.79 Å². The van der Waals surface area contributed by atoms with E-state index in [0.717, 1.165) is 43.2 Å². The van der Waals surface area contributed by atoms with Gasteiger partial charge in [-0.1, -0.05) is 53.6 Å². The molecule has 1 N–H and O–H groups in total. The van der Waals surface area contributed by atoms with E-state index in [9.17, 15) is 4.79 Å². The molecule has 0 spiro atoms. The number of anilines is 1. The number of halogens is 1. The van der Waals surface area contributed by atoms with Crippen molar-refractivity contribution in [1.82, 2.24) is 9.88 Å². The molecule has 5 heteroatoms. The first-order chi connectivity index (χ1) is 15.6. The predicted octanol–water partition coefficient (Wildman–Crippen LogP) is 6.19. The molecule has 0 aliphatic carbocycles. The number of rotatable bonds is 6. The Balaban J connectivity index is 1.37. The molecular weight excluding hydrogens is 418 g/mol. The van der Waals surface area contributed by atoms with Gasteiger partial charge in [0.05, 0.1) is 0 Å². The van der Waals surface area contributed by atoms with Crippen molar-refractivity contribution in [3.05, 3.63) is 100 Å². The average molecular weight is 446 g/mol. The number of carbonyl (C=O) groups excluding carboxylic acids is 1. The van der Waals surface area contributed by atoms with Gasteiger partial charge in [0.25, 0.3) is 5.91 Å². The van der Waals surface area contributed by atoms with Crippen LogP contribution in [-0.2, 0) is 0 Å². The van der Waals surface area contributed by atoms with Crippen LogP contribution in [-0.4, -0.2) is 35.4 Å². The van der Waals surface area contributed by atoms with Gasteiger partial charge in [0.2, 0.25) is 0 Å². The number of likely N-dealkylation sites (tertiary alicyclic amines) is 1. The topological polar surface area (TPSA) is 45.2 Å². The quantitative estimate of drug-likeness (QED) is 0.492. The number of aryl methyl sites for hydroxylation is 1. The van der Waals surface area contributed by atoms with Crippen LogP contribution in [0.15, 0.2) is 73.1 Å². The molecule has 1 amide bonds. The van der Waals surface area contributed by atoms with Crippen LogP contribution in [0, 0.1) is 6.92 Å². The fourth-order valence-electron chi connectivity index (χ4n) is 4.17. The lowest BCUT2D eigenvalue weighted by molar-refractivity contribution is 0.102. The van der Waals surface area contributed by atoms with E-state index >= 15 is 0 Å². The smallest absolute Gasteiger partial charge is 0.255 e. The third-order valence-electron chi connectivity index (χ3n) is 5.97. The lowest BCUT2D eigenvalue weighted by Gasteiger charge is -2.32. The summed E-state index contributed by atoms with van der Waals surface area (Å²) in [4.78, 5) is 19.1. The van der Waals surface area contributed by atoms with Gasteiger partial charge in [0.15, 0.2) is 0 Å². The van der Waals surface area contributed by atoms with Gasteiger partial charge < -0.3 is 5.32 Å². The molecule has 32 heavy (non-hydrogen) atoms. The SMILES string of the molecule is Cc1ccc(NC(=O)c2ccncc2)c(C2CCN(C/C=C/c3ccc(Cl)cc3)CC2)c1. The van der Waals surface area contributed by atoms with Crippen molar-refractivity contribution in [3.63, 3.8) is 0 Å². The summed E-state index contributed by atoms with van der Waals surface area (Å²) in [5, 5.41) is 3.88. The third kappa shape index (κ3) is 5.84. The van der Waals surface area contributed by atoms with Gasteiger partial charge in [0, 0.05) is 35.2 Å². The molecule has 1 aromatic heterocycles. The number of amides is 1. The Kier molecular flexibility index (Phi) is 7.35. The summed E-state index contributed by atoms with van der Waals surface area (Å²) < 4.78 is 0. The number of carbonyl (C=O) groups is 1. The number of piperidine rings is 1. The molecule has 1 fully saturated rings. The number of nitrogens with one attached hydrogen (secondary N) is 1. The lowest BCUT2D eigenvalue weighted by Crippen LogP contribution is -2.33. The van der Waals surface area contributed by atoms with Crippen LogP contribution in [0.4, 0.5) is 5.69 Å². The predicted molar refractivity (Wildman–Crippen MR) is 132 cm³/mol. The summed E-state index contributed by atoms with van der Waals surface area (Å²) in [5.41, 5.74) is 5.16. The van der Waals surface area contributed by atoms with E-state index in [1.807, 2.05) is 30.3 Å². The summed E-state index contributed by atoms with van der Waals surface area (Å²) in [6, 6.07) is 17.7. The minimum Gasteiger partial charge on any atom is -0.322 e. The van der Waals surface area contributed by atoms with Gasteiger partial charge in [-0.05, 0) is 80.2 Å². The van der Waals surface area contributed by atoms with Gasteiger partial charge in [0.1, 0.15) is 0 Å². The van der Waals surface area contributed by atoms with Crippen LogP contribution in [0.3, 0.4) is 0 Å². The zero-order chi connectivity index (χ0) is 22.3. The Bertz CT molecular complexity index is 1070. The maximum absolute atomic E-state index is 12.7. The normalized spacial score (nSPS) is 15.2. The molecule has 1 aliphatic heterocycles. The van der Waals surface area contributed by atoms with Crippen LogP contribution < -0.4 is 5.32 Å². The van der Waals surface area contributed by atoms with Crippen LogP contribution in [0.2, 0.25) is 5.02 Å². The van der Waals surface area contributed by atoms with Gasteiger partial charge in [-0.15, -0.1) is 0 Å². The minimum atomic E-state index is -0.0951. The Hall–Kier alpha value is -2.95. The van der Waals surface area contributed by atoms with Gasteiger partial charge in [-0.3, -0.25) is 14.7 Å². The number of hydrogen-bond acceptors (Lipinski definition) is 3. The largest absolute Gasteiger partial charge is 0.322 e. The van der Waals surface area contributed by atoms with Crippen LogP contribution >= 0.6 is 11.6 Å². The van der Waals surface area contributed by atoms with Crippen LogP contribution in [0.25, 0.3) is 6.08 Å². The standard InChI is InChI=1S/C27H28ClN3O/c1-20-4-9-26(30-27(32)23-10-14-29-15-11-23)25(19-20)22-12-17-31(18-13-22)16-2-3-21-5-7-24(28)8-6-21/h2-11,14-15,19,22H,12-13,16-18H2,1H3,(H,30,32)/b3-2+. The number of pyridine rings is 1. The Morgan fingerprint density at radius 3 is 2.53 bits per heavy atom. The molecule has 4 rings (SSSR count). The van der Waals surface area contributed by atoms with Crippen LogP contribution in [0.5, 0.6) is 0 Å². The molecule has 0 radical (unpaired) electrons. The Morgan fingerprint density at radius 1 is 1.09 bits per heavy atom. The van der Waals surface area contributed by atoms with Crippen molar-refractivity contribution in [1.29, 1.82) is 0 Å². The highest BCUT2D eigenvalue weighted by atomic mass is 35.5. The van der Waals surface area contributed by atoms with Crippen molar-refractivity contribution in [2.24, 2.45) is 0 Å². The fourth-order valence-corrected chi connectivity index (χ4v) is 4.30. The van der Waals surface area contributed by atoms with E-state index in [-0.39, 0.29) is 5.91 Å². The zero-order valence-corrected chi connectivity index (χ0v) is 19.1. The molecule has 4 nitrogen and oxygen atoms in total. The molecule has 0 saturated carbocycles. The highest BCUT2D eigenvalue weighted by molar-refractivity contribution is 6.30. The molecule has 0 bridgehead atoms. The molecule has 2 heterocycles. The number of nitrogens with zero attached hydrogens (tertiary/aromatic N) is 2. The molecule has 2 aromatic carbocycles. The first-order valence-electron chi connectivity index (χ1n) is 11.0. The monoisotopic (exact) mass is 445 g/mol. The van der Waals surface area contributed by atoms with Gasteiger partial charge >= 0.3 is 0 Å². The number of aromatic nitrogens is 1. The Labute approximate surface area is 194 Å². The molecule has 0 atom stereocenters. The van der Waals surface area contributed by atoms with Crippen molar-refractivity contribution in [2.45, 2.75) is 25.7 Å². The first kappa shape index (κ1) is 22.3. The number of hydrogen-bond donors (Lipinski definition) is 1. The highest BCUT2D eigenvalue weighted by Crippen LogP contribution is 2.34. The summed E-state index contributed by atoms with van der Waals surface area (Å²) in [5.74, 6) is 0.349. The van der Waals surface area contributed by atoms with E-state index < -0.39 is 0 Å². The number of benzene rings is 2. The fraction of sp³-hybridized carbons (Fsp3) is 0.259. The van der Waals surface area contributed by atoms with E-state index in [2.05, 4.69) is 46.4 Å². The lowest BCUT2D eigenvalue weighted by atomic mass is 9.87. The second-order valence-corrected chi connectivity index (χ2v) is 8.75. The minimum absolute atomic E-state index is 0.0951. The zero-order valence-electron chi connectivity index (χ0n) is 18.3. The van der Waals surface area contributed by atoms with E-state index in [4.69, 9.17) is 11.6 Å². The van der Waals surface area contributed by atoms with Crippen LogP contribution in [0.1, 0.15) is 45.8 Å². The van der Waals surface area contributed by atoms with Gasteiger partial charge in [-0.2, -0.15) is 0 Å². The molecule has 3 aromatic rings. The van der Waals surface area contributed by atoms with Crippen molar-refractivity contribution in [2.75, 3.05) is 25.0 Å². The van der Waals surface area contributed by atoms with Crippen molar-refractivity contribution >= 4 is 29.3 Å². The van der Waals surface area contributed by atoms with Crippen molar-refractivity contribution in [3.8, 4) is 0 Å². The molecular formula is C27H28ClN3O. The second kappa shape index (κ2) is 10.6. The molecule has 1 aliphatic rings. The maximum atomic E-state index is 12.7. The Morgan fingerprint density at radius 2 is 1.81 bits per heavy atom.